The number of aromatic nitrogens is 1. The first-order valence-electron chi connectivity index (χ1n) is 11.3. The highest BCUT2D eigenvalue weighted by Crippen LogP contribution is 2.18. The van der Waals surface area contributed by atoms with E-state index in [1.165, 1.54) is 12.3 Å². The Hall–Kier alpha value is -3.42. The van der Waals surface area contributed by atoms with Crippen molar-refractivity contribution in [1.29, 1.82) is 0 Å². The van der Waals surface area contributed by atoms with Gasteiger partial charge in [-0.15, -0.1) is 0 Å². The molecule has 0 atom stereocenters. The predicted molar refractivity (Wildman–Crippen MR) is 122 cm³/mol. The number of carboxylic acid groups (broad SMARTS) is 2. The van der Waals surface area contributed by atoms with Gasteiger partial charge in [0.05, 0.1) is 48.6 Å². The second kappa shape index (κ2) is 12.3. The number of hydrogen-bond acceptors (Lipinski definition) is 9. The number of nitroso groups, excluding NO2 is 1. The van der Waals surface area contributed by atoms with Crippen molar-refractivity contribution in [2.75, 3.05) is 59.5 Å². The summed E-state index contributed by atoms with van der Waals surface area (Å²) in [5, 5.41) is 19.6. The van der Waals surface area contributed by atoms with Crippen LogP contribution < -0.4 is 4.74 Å². The van der Waals surface area contributed by atoms with Gasteiger partial charge in [-0.05, 0) is 7.05 Å². The number of hydrazine groups is 1. The van der Waals surface area contributed by atoms with Crippen molar-refractivity contribution in [3.63, 3.8) is 0 Å². The first-order valence-corrected chi connectivity index (χ1v) is 11.3. The van der Waals surface area contributed by atoms with E-state index >= 15 is 0 Å². The lowest BCUT2D eigenvalue weighted by Crippen LogP contribution is -2.42. The topological polar surface area (TPSA) is 147 Å². The van der Waals surface area contributed by atoms with Gasteiger partial charge in [-0.3, -0.25) is 34.1 Å². The fraction of sp³-hybridized carbons (Fsp3) is 0.545. The number of pyridine rings is 1. The van der Waals surface area contributed by atoms with Gasteiger partial charge >= 0.3 is 17.8 Å². The Balaban J connectivity index is 1.69. The van der Waals surface area contributed by atoms with Crippen molar-refractivity contribution >= 4 is 17.8 Å². The summed E-state index contributed by atoms with van der Waals surface area (Å²) in [6.07, 6.45) is 2.83. The maximum Gasteiger partial charge on any atom is 0.317 e. The predicted octanol–water partition coefficient (Wildman–Crippen LogP) is -0.381. The maximum absolute atomic E-state index is 11.6. The Bertz CT molecular complexity index is 967. The van der Waals surface area contributed by atoms with Crippen LogP contribution in [0.3, 0.4) is 0 Å². The number of hydrogen-bond donors (Lipinski definition) is 2. The Kier molecular flexibility index (Phi) is 9.23. The summed E-state index contributed by atoms with van der Waals surface area (Å²) in [7, 11) is 1.92. The van der Waals surface area contributed by atoms with Gasteiger partial charge in [0.25, 0.3) is 6.20 Å². The van der Waals surface area contributed by atoms with Gasteiger partial charge in [0.2, 0.25) is 0 Å². The number of rotatable bonds is 9. The van der Waals surface area contributed by atoms with Gasteiger partial charge in [-0.1, -0.05) is 5.01 Å². The molecular weight excluding hydrogens is 460 g/mol. The van der Waals surface area contributed by atoms with E-state index in [1.54, 1.807) is 15.9 Å². The molecule has 3 heterocycles. The molecule has 3 rings (SSSR count). The highest BCUT2D eigenvalue weighted by molar-refractivity contribution is 5.87. The summed E-state index contributed by atoms with van der Waals surface area (Å²) >= 11 is 0. The summed E-state index contributed by atoms with van der Waals surface area (Å²) in [5.41, 5.74) is 1.38. The fourth-order valence-corrected chi connectivity index (χ4v) is 3.91. The van der Waals surface area contributed by atoms with E-state index in [0.717, 1.165) is 10.7 Å². The molecule has 1 aromatic rings. The monoisotopic (exact) mass is 491 g/mol. The Morgan fingerprint density at radius 1 is 1.03 bits per heavy atom. The highest BCUT2D eigenvalue weighted by Gasteiger charge is 2.31. The third-order valence-corrected chi connectivity index (χ3v) is 5.59. The van der Waals surface area contributed by atoms with E-state index in [0.29, 0.717) is 55.5 Å². The minimum Gasteiger partial charge on any atom is -0.493 e. The van der Waals surface area contributed by atoms with Crippen LogP contribution >= 0.6 is 0 Å². The lowest BCUT2D eigenvalue weighted by atomic mass is 10.2. The lowest BCUT2D eigenvalue weighted by molar-refractivity contribution is -0.626. The van der Waals surface area contributed by atoms with E-state index in [9.17, 15) is 29.5 Å². The molecular formula is C22H31N6O7+. The maximum atomic E-state index is 11.6. The number of carbonyl (C=O) groups is 3. The van der Waals surface area contributed by atoms with Crippen LogP contribution in [0, 0.1) is 4.91 Å². The second-order valence-electron chi connectivity index (χ2n) is 8.58. The minimum atomic E-state index is -0.979. The number of nitrogens with zero attached hydrogens (tertiary/aromatic N) is 6. The number of ether oxygens (including phenoxy) is 1. The molecule has 2 aliphatic rings. The molecule has 0 aliphatic carbocycles. The molecule has 13 nitrogen and oxygen atoms in total. The summed E-state index contributed by atoms with van der Waals surface area (Å²) in [4.78, 5) is 56.6. The molecule has 2 aliphatic heterocycles. The van der Waals surface area contributed by atoms with Gasteiger partial charge in [-0.2, -0.15) is 0 Å². The molecule has 35 heavy (non-hydrogen) atoms. The number of carboxylic acids is 2. The molecule has 0 fully saturated rings. The van der Waals surface area contributed by atoms with Gasteiger partial charge in [0.1, 0.15) is 5.75 Å². The van der Waals surface area contributed by atoms with Crippen molar-refractivity contribution < 1.29 is 34.2 Å². The van der Waals surface area contributed by atoms with Crippen molar-refractivity contribution in [1.82, 2.24) is 24.7 Å². The second-order valence-corrected chi connectivity index (χ2v) is 8.58. The SMILES string of the molecule is CN1CCN(CC(=O)O)CCN(CC(=O)O)Cc2cc(OCCCN3C(=O)C=C[N+]3=O)cc(n2)C1. The molecule has 0 saturated carbocycles. The zero-order valence-corrected chi connectivity index (χ0v) is 19.7. The van der Waals surface area contributed by atoms with Crippen LogP contribution in [0.4, 0.5) is 0 Å². The standard InChI is InChI=1S/C22H30N6O7/c1-24-6-7-25(15-21(30)31)8-9-26(16-22(32)33)14-18-12-19(11-17(13-24)23-18)35-10-2-4-27-20(29)3-5-28(27)34/h3,5,11-12H,2,4,6-10,13-16H2,1H3,(H-,30,31,32,33)/p+1. The van der Waals surface area contributed by atoms with Gasteiger partial charge in [0, 0.05) is 57.8 Å². The van der Waals surface area contributed by atoms with Crippen molar-refractivity contribution in [2.45, 2.75) is 19.5 Å². The molecule has 0 unspecified atom stereocenters. The van der Waals surface area contributed by atoms with E-state index in [4.69, 9.17) is 4.74 Å². The van der Waals surface area contributed by atoms with E-state index in [2.05, 4.69) is 4.98 Å². The lowest BCUT2D eigenvalue weighted by Gasteiger charge is -2.28. The normalized spacial score (nSPS) is 18.4. The first kappa shape index (κ1) is 26.2. The molecule has 0 saturated heterocycles. The summed E-state index contributed by atoms with van der Waals surface area (Å²) in [5.74, 6) is -1.69. The van der Waals surface area contributed by atoms with Crippen LogP contribution in [0.5, 0.6) is 5.75 Å². The minimum absolute atomic E-state index is 0.112. The number of carbonyl (C=O) groups excluding carboxylic acids is 1. The molecule has 1 aromatic heterocycles. The number of likely N-dealkylation sites (N-methyl/N-ethyl adjacent to an activating group) is 1. The van der Waals surface area contributed by atoms with Crippen molar-refractivity contribution in [2.24, 2.45) is 0 Å². The molecule has 0 spiro atoms. The van der Waals surface area contributed by atoms with Crippen LogP contribution in [-0.2, 0) is 27.5 Å². The fourth-order valence-electron chi connectivity index (χ4n) is 3.91. The molecule has 0 radical (unpaired) electrons. The first-order chi connectivity index (χ1) is 16.7. The van der Waals surface area contributed by atoms with Crippen molar-refractivity contribution in [3.8, 4) is 5.75 Å². The highest BCUT2D eigenvalue weighted by atomic mass is 16.5. The van der Waals surface area contributed by atoms with E-state index in [1.807, 2.05) is 18.0 Å². The Morgan fingerprint density at radius 3 is 2.31 bits per heavy atom. The molecule has 1 amide bonds. The molecule has 2 N–H and O–H groups in total. The zero-order chi connectivity index (χ0) is 25.4. The largest absolute Gasteiger partial charge is 0.493 e. The number of fused-ring (bicyclic) bond motifs is 2. The van der Waals surface area contributed by atoms with Crippen LogP contribution in [0.15, 0.2) is 24.4 Å². The Labute approximate surface area is 202 Å². The van der Waals surface area contributed by atoms with Crippen LogP contribution in [-0.4, -0.2) is 117 Å². The third kappa shape index (κ3) is 8.38. The van der Waals surface area contributed by atoms with Crippen LogP contribution in [0.2, 0.25) is 0 Å². The van der Waals surface area contributed by atoms with E-state index in [-0.39, 0.29) is 38.7 Å². The Morgan fingerprint density at radius 2 is 1.66 bits per heavy atom. The zero-order valence-electron chi connectivity index (χ0n) is 19.7. The van der Waals surface area contributed by atoms with Gasteiger partial charge in [-0.25, -0.2) is 0 Å². The average molecular weight is 492 g/mol. The molecule has 0 aromatic carbocycles. The third-order valence-electron chi connectivity index (χ3n) is 5.59. The van der Waals surface area contributed by atoms with Gasteiger partial charge < -0.3 is 14.9 Å². The number of aliphatic carboxylic acids is 2. The average Bonchev–Trinajstić information content (AvgIpc) is 3.09. The van der Waals surface area contributed by atoms with Crippen LogP contribution in [0.1, 0.15) is 17.8 Å². The summed E-state index contributed by atoms with van der Waals surface area (Å²) < 4.78 is 5.88. The summed E-state index contributed by atoms with van der Waals surface area (Å²) in [6, 6.07) is 3.56. The van der Waals surface area contributed by atoms with E-state index < -0.39 is 11.9 Å². The summed E-state index contributed by atoms with van der Waals surface area (Å²) in [6.45, 7) is 2.87. The van der Waals surface area contributed by atoms with Crippen molar-refractivity contribution in [3.05, 3.63) is 40.7 Å². The molecule has 2 bridgehead atoms. The smallest absolute Gasteiger partial charge is 0.317 e. The van der Waals surface area contributed by atoms with Crippen LogP contribution in [0.25, 0.3) is 0 Å². The van der Waals surface area contributed by atoms with Gasteiger partial charge in [0.15, 0.2) is 4.87 Å². The molecule has 190 valence electrons. The number of amides is 1. The quantitative estimate of drug-likeness (QED) is 0.344. The molecule has 13 heteroatoms.